The van der Waals surface area contributed by atoms with E-state index in [-0.39, 0.29) is 12.6 Å². The first-order valence-electron chi connectivity index (χ1n) is 7.08. The Morgan fingerprint density at radius 2 is 2.29 bits per heavy atom. The van der Waals surface area contributed by atoms with Gasteiger partial charge in [-0.15, -0.1) is 11.3 Å². The largest absolute Gasteiger partial charge is 0.396 e. The van der Waals surface area contributed by atoms with Gasteiger partial charge in [0, 0.05) is 24.2 Å². The molecule has 0 amide bonds. The number of hydrogen-bond donors (Lipinski definition) is 3. The van der Waals surface area contributed by atoms with Crippen LogP contribution in [-0.2, 0) is 0 Å². The van der Waals surface area contributed by atoms with E-state index in [0.717, 1.165) is 41.3 Å². The third kappa shape index (κ3) is 2.98. The first kappa shape index (κ1) is 14.2. The Balaban J connectivity index is 1.90. The monoisotopic (exact) mass is 305 g/mol. The molecular weight excluding hydrogens is 286 g/mol. The highest BCUT2D eigenvalue weighted by Gasteiger charge is 2.26. The molecule has 0 aliphatic heterocycles. The second-order valence-corrected chi connectivity index (χ2v) is 6.33. The van der Waals surface area contributed by atoms with E-state index in [1.165, 1.54) is 0 Å². The minimum Gasteiger partial charge on any atom is -0.396 e. The lowest BCUT2D eigenvalue weighted by Crippen LogP contribution is -2.19. The number of nitrogens with two attached hydrogens (primary N) is 1. The van der Waals surface area contributed by atoms with E-state index < -0.39 is 0 Å². The molecule has 2 aromatic rings. The molecule has 0 bridgehead atoms. The van der Waals surface area contributed by atoms with E-state index in [0.29, 0.717) is 12.0 Å². The Hall–Kier alpha value is -1.73. The van der Waals surface area contributed by atoms with Gasteiger partial charge in [0.15, 0.2) is 0 Å². The van der Waals surface area contributed by atoms with Gasteiger partial charge in [-0.05, 0) is 32.1 Å². The molecule has 0 spiro atoms. The summed E-state index contributed by atoms with van der Waals surface area (Å²) < 4.78 is 0. The number of aliphatic hydroxyl groups is 1. The number of anilines is 2. The van der Waals surface area contributed by atoms with Gasteiger partial charge in [0.2, 0.25) is 5.95 Å². The first-order chi connectivity index (χ1) is 10.2. The number of nitrogens with one attached hydrogen (secondary N) is 1. The Morgan fingerprint density at radius 1 is 1.43 bits per heavy atom. The standard InChI is InChI=1S/C14H19N5OS/c1-8-11(13-16-4-5-21-13)12(19-14(15)17-8)18-10-3-2-9(6-10)7-20/h4-5,9-10,20H,2-3,6-7H2,1H3,(H3,15,17,18,19)/t9-,10+/m1/s1. The summed E-state index contributed by atoms with van der Waals surface area (Å²) in [4.78, 5) is 13.0. The third-order valence-corrected chi connectivity index (χ3v) is 4.68. The van der Waals surface area contributed by atoms with E-state index in [1.807, 2.05) is 12.3 Å². The highest BCUT2D eigenvalue weighted by Crippen LogP contribution is 2.34. The fraction of sp³-hybridized carbons (Fsp3) is 0.500. The number of aryl methyl sites for hydroxylation is 1. The van der Waals surface area contributed by atoms with Crippen molar-refractivity contribution >= 4 is 23.1 Å². The molecule has 4 N–H and O–H groups in total. The molecule has 3 rings (SSSR count). The third-order valence-electron chi connectivity index (χ3n) is 3.89. The van der Waals surface area contributed by atoms with Gasteiger partial charge < -0.3 is 16.2 Å². The maximum atomic E-state index is 9.26. The van der Waals surface area contributed by atoms with Crippen molar-refractivity contribution in [2.75, 3.05) is 17.7 Å². The molecular formula is C14H19N5OS. The van der Waals surface area contributed by atoms with Crippen LogP contribution < -0.4 is 11.1 Å². The van der Waals surface area contributed by atoms with Gasteiger partial charge in [0.05, 0.1) is 11.3 Å². The minimum atomic E-state index is 0.252. The number of nitrogen functional groups attached to an aromatic ring is 1. The Bertz CT molecular complexity index is 616. The van der Waals surface area contributed by atoms with Gasteiger partial charge in [0.25, 0.3) is 0 Å². The molecule has 1 aliphatic carbocycles. The summed E-state index contributed by atoms with van der Waals surface area (Å²) >= 11 is 1.56. The normalized spacial score (nSPS) is 21.6. The van der Waals surface area contributed by atoms with E-state index in [4.69, 9.17) is 5.73 Å². The van der Waals surface area contributed by atoms with Crippen molar-refractivity contribution in [3.63, 3.8) is 0 Å². The van der Waals surface area contributed by atoms with Crippen molar-refractivity contribution in [1.82, 2.24) is 15.0 Å². The molecule has 1 saturated carbocycles. The predicted octanol–water partition coefficient (Wildman–Crippen LogP) is 2.06. The summed E-state index contributed by atoms with van der Waals surface area (Å²) in [5.74, 6) is 1.40. The van der Waals surface area contributed by atoms with Gasteiger partial charge in [-0.3, -0.25) is 0 Å². The number of aromatic nitrogens is 3. The number of aliphatic hydroxyl groups excluding tert-OH is 1. The molecule has 2 aromatic heterocycles. The maximum Gasteiger partial charge on any atom is 0.222 e. The van der Waals surface area contributed by atoms with Crippen molar-refractivity contribution in [1.29, 1.82) is 0 Å². The Morgan fingerprint density at radius 3 is 2.95 bits per heavy atom. The van der Waals surface area contributed by atoms with Crippen LogP contribution in [0, 0.1) is 12.8 Å². The quantitative estimate of drug-likeness (QED) is 0.800. The van der Waals surface area contributed by atoms with Crippen LogP contribution in [0.5, 0.6) is 0 Å². The Kier molecular flexibility index (Phi) is 4.03. The van der Waals surface area contributed by atoms with Gasteiger partial charge in [-0.2, -0.15) is 4.98 Å². The summed E-state index contributed by atoms with van der Waals surface area (Å²) in [7, 11) is 0. The lowest BCUT2D eigenvalue weighted by atomic mass is 10.1. The predicted molar refractivity (Wildman–Crippen MR) is 84.1 cm³/mol. The molecule has 112 valence electrons. The lowest BCUT2D eigenvalue weighted by Gasteiger charge is -2.17. The van der Waals surface area contributed by atoms with Crippen LogP contribution in [0.1, 0.15) is 25.0 Å². The van der Waals surface area contributed by atoms with E-state index in [9.17, 15) is 5.11 Å². The summed E-state index contributed by atoms with van der Waals surface area (Å²) in [6.07, 6.45) is 4.81. The topological polar surface area (TPSA) is 97.0 Å². The summed E-state index contributed by atoms with van der Waals surface area (Å²) in [6, 6.07) is 0.314. The zero-order valence-corrected chi connectivity index (χ0v) is 12.7. The van der Waals surface area contributed by atoms with Crippen molar-refractivity contribution in [3.05, 3.63) is 17.3 Å². The zero-order valence-electron chi connectivity index (χ0n) is 11.9. The van der Waals surface area contributed by atoms with Gasteiger partial charge in [-0.1, -0.05) is 0 Å². The first-order valence-corrected chi connectivity index (χ1v) is 7.96. The molecule has 21 heavy (non-hydrogen) atoms. The average molecular weight is 305 g/mol. The van der Waals surface area contributed by atoms with Gasteiger partial charge >= 0.3 is 0 Å². The number of hydrogen-bond acceptors (Lipinski definition) is 7. The number of nitrogens with zero attached hydrogens (tertiary/aromatic N) is 3. The molecule has 1 fully saturated rings. The lowest BCUT2D eigenvalue weighted by molar-refractivity contribution is 0.229. The van der Waals surface area contributed by atoms with Crippen molar-refractivity contribution < 1.29 is 5.11 Å². The maximum absolute atomic E-state index is 9.26. The molecule has 2 atom stereocenters. The molecule has 0 saturated heterocycles. The molecule has 6 nitrogen and oxygen atoms in total. The second kappa shape index (κ2) is 5.95. The van der Waals surface area contributed by atoms with Crippen LogP contribution >= 0.6 is 11.3 Å². The zero-order chi connectivity index (χ0) is 14.8. The van der Waals surface area contributed by atoms with Crippen LogP contribution in [0.2, 0.25) is 0 Å². The van der Waals surface area contributed by atoms with Crippen molar-refractivity contribution in [2.45, 2.75) is 32.2 Å². The Labute approximate surface area is 127 Å². The van der Waals surface area contributed by atoms with Crippen molar-refractivity contribution in [2.24, 2.45) is 5.92 Å². The fourth-order valence-electron chi connectivity index (χ4n) is 2.87. The number of thiazole rings is 1. The van der Waals surface area contributed by atoms with Crippen LogP contribution in [0.25, 0.3) is 10.6 Å². The van der Waals surface area contributed by atoms with Gasteiger partial charge in [0.1, 0.15) is 10.8 Å². The molecule has 0 radical (unpaired) electrons. The smallest absolute Gasteiger partial charge is 0.222 e. The van der Waals surface area contributed by atoms with E-state index in [2.05, 4.69) is 20.3 Å². The SMILES string of the molecule is Cc1nc(N)nc(N[C@H]2CC[C@@H](CO)C2)c1-c1nccs1. The summed E-state index contributed by atoms with van der Waals surface area (Å²) in [5.41, 5.74) is 7.54. The van der Waals surface area contributed by atoms with Crippen LogP contribution in [0.3, 0.4) is 0 Å². The second-order valence-electron chi connectivity index (χ2n) is 5.43. The highest BCUT2D eigenvalue weighted by atomic mass is 32.1. The average Bonchev–Trinajstić information content (AvgIpc) is 3.09. The van der Waals surface area contributed by atoms with E-state index >= 15 is 0 Å². The minimum absolute atomic E-state index is 0.252. The fourth-order valence-corrected chi connectivity index (χ4v) is 3.60. The van der Waals surface area contributed by atoms with E-state index in [1.54, 1.807) is 17.5 Å². The van der Waals surface area contributed by atoms with Gasteiger partial charge in [-0.25, -0.2) is 9.97 Å². The van der Waals surface area contributed by atoms with Crippen LogP contribution in [-0.4, -0.2) is 32.7 Å². The molecule has 0 unspecified atom stereocenters. The number of rotatable bonds is 4. The summed E-state index contributed by atoms with van der Waals surface area (Å²) in [5, 5.41) is 15.6. The molecule has 1 aliphatic rings. The molecule has 7 heteroatoms. The van der Waals surface area contributed by atoms with Crippen LogP contribution in [0.4, 0.5) is 11.8 Å². The van der Waals surface area contributed by atoms with Crippen molar-refractivity contribution in [3.8, 4) is 10.6 Å². The molecule has 0 aromatic carbocycles. The summed E-state index contributed by atoms with van der Waals surface area (Å²) in [6.45, 7) is 2.17. The highest BCUT2D eigenvalue weighted by molar-refractivity contribution is 7.13. The molecule has 2 heterocycles. The van der Waals surface area contributed by atoms with Crippen LogP contribution in [0.15, 0.2) is 11.6 Å².